The van der Waals surface area contributed by atoms with Crippen molar-refractivity contribution >= 4 is 11.8 Å². The third kappa shape index (κ3) is 3.68. The summed E-state index contributed by atoms with van der Waals surface area (Å²) in [6, 6.07) is 5.89. The van der Waals surface area contributed by atoms with Crippen molar-refractivity contribution in [1.29, 1.82) is 0 Å². The SMILES string of the molecule is CCOC(=O)c1cc(C(C)=O)nn(-c2cc(OC)ccc2OC)c1=O. The summed E-state index contributed by atoms with van der Waals surface area (Å²) in [7, 11) is 2.90. The number of nitrogens with zero attached hydrogens (tertiary/aromatic N) is 2. The maximum absolute atomic E-state index is 12.7. The molecule has 0 radical (unpaired) electrons. The molecule has 0 bridgehead atoms. The third-order valence-corrected chi connectivity index (χ3v) is 3.38. The summed E-state index contributed by atoms with van der Waals surface area (Å²) in [5, 5.41) is 4.04. The van der Waals surface area contributed by atoms with E-state index in [2.05, 4.69) is 5.10 Å². The van der Waals surface area contributed by atoms with Crippen molar-refractivity contribution in [3.05, 3.63) is 45.9 Å². The first-order chi connectivity index (χ1) is 11.9. The van der Waals surface area contributed by atoms with Crippen molar-refractivity contribution in [2.45, 2.75) is 13.8 Å². The average Bonchev–Trinajstić information content (AvgIpc) is 2.61. The van der Waals surface area contributed by atoms with Gasteiger partial charge < -0.3 is 14.2 Å². The molecule has 1 heterocycles. The smallest absolute Gasteiger partial charge is 0.343 e. The van der Waals surface area contributed by atoms with Crippen LogP contribution < -0.4 is 15.0 Å². The standard InChI is InChI=1S/C17H18N2O6/c1-5-25-17(22)12-9-13(10(2)20)18-19(16(12)21)14-8-11(23-3)6-7-15(14)24-4/h6-9H,5H2,1-4H3. The molecule has 2 rings (SSSR count). The molecule has 0 fully saturated rings. The first-order valence-corrected chi connectivity index (χ1v) is 7.47. The molecule has 0 unspecified atom stereocenters. The van der Waals surface area contributed by atoms with Gasteiger partial charge in [0, 0.05) is 13.0 Å². The van der Waals surface area contributed by atoms with Crippen molar-refractivity contribution in [3.8, 4) is 17.2 Å². The van der Waals surface area contributed by atoms with E-state index in [4.69, 9.17) is 14.2 Å². The molecule has 8 nitrogen and oxygen atoms in total. The third-order valence-electron chi connectivity index (χ3n) is 3.38. The molecule has 25 heavy (non-hydrogen) atoms. The first kappa shape index (κ1) is 18.2. The lowest BCUT2D eigenvalue weighted by Gasteiger charge is -2.13. The molecule has 0 saturated heterocycles. The molecular formula is C17H18N2O6. The van der Waals surface area contributed by atoms with Crippen molar-refractivity contribution in [1.82, 2.24) is 9.78 Å². The zero-order valence-corrected chi connectivity index (χ0v) is 14.4. The number of rotatable bonds is 6. The van der Waals surface area contributed by atoms with Crippen LogP contribution >= 0.6 is 0 Å². The van der Waals surface area contributed by atoms with Gasteiger partial charge >= 0.3 is 5.97 Å². The second-order valence-electron chi connectivity index (χ2n) is 4.97. The molecule has 1 aromatic heterocycles. The van der Waals surface area contributed by atoms with E-state index in [1.54, 1.807) is 19.1 Å². The van der Waals surface area contributed by atoms with Gasteiger partial charge in [0.1, 0.15) is 28.4 Å². The Morgan fingerprint density at radius 1 is 1.16 bits per heavy atom. The van der Waals surface area contributed by atoms with Crippen molar-refractivity contribution in [2.75, 3.05) is 20.8 Å². The highest BCUT2D eigenvalue weighted by atomic mass is 16.5. The number of hydrogen-bond acceptors (Lipinski definition) is 7. The van der Waals surface area contributed by atoms with Gasteiger partial charge in [-0.25, -0.2) is 4.79 Å². The fourth-order valence-corrected chi connectivity index (χ4v) is 2.15. The van der Waals surface area contributed by atoms with Gasteiger partial charge in [0.25, 0.3) is 5.56 Å². The molecule has 0 atom stereocenters. The second-order valence-corrected chi connectivity index (χ2v) is 4.97. The van der Waals surface area contributed by atoms with E-state index >= 15 is 0 Å². The predicted octanol–water partition coefficient (Wildman–Crippen LogP) is 1.63. The summed E-state index contributed by atoms with van der Waals surface area (Å²) in [4.78, 5) is 36.6. The van der Waals surface area contributed by atoms with Crippen LogP contribution in [0.15, 0.2) is 29.1 Å². The van der Waals surface area contributed by atoms with E-state index in [-0.39, 0.29) is 23.6 Å². The topological polar surface area (TPSA) is 96.7 Å². The molecule has 0 saturated carbocycles. The molecule has 0 N–H and O–H groups in total. The van der Waals surface area contributed by atoms with E-state index in [0.717, 1.165) is 10.7 Å². The second kappa shape index (κ2) is 7.61. The number of carbonyl (C=O) groups is 2. The molecule has 0 aliphatic carbocycles. The van der Waals surface area contributed by atoms with Crippen LogP contribution in [0.5, 0.6) is 11.5 Å². The predicted molar refractivity (Wildman–Crippen MR) is 88.9 cm³/mol. The molecule has 0 spiro atoms. The Bertz CT molecular complexity index is 872. The molecule has 8 heteroatoms. The largest absolute Gasteiger partial charge is 0.497 e. The summed E-state index contributed by atoms with van der Waals surface area (Å²) in [5.74, 6) is -0.449. The number of methoxy groups -OCH3 is 2. The number of benzene rings is 1. The quantitative estimate of drug-likeness (QED) is 0.579. The van der Waals surface area contributed by atoms with Gasteiger partial charge in [-0.3, -0.25) is 9.59 Å². The van der Waals surface area contributed by atoms with Crippen molar-refractivity contribution in [3.63, 3.8) is 0 Å². The molecule has 0 aliphatic heterocycles. The summed E-state index contributed by atoms with van der Waals surface area (Å²) in [6.45, 7) is 3.00. The number of aromatic nitrogens is 2. The van der Waals surface area contributed by atoms with E-state index in [0.29, 0.717) is 11.5 Å². The van der Waals surface area contributed by atoms with Crippen LogP contribution in [0.25, 0.3) is 5.69 Å². The fraction of sp³-hybridized carbons (Fsp3) is 0.294. The Kier molecular flexibility index (Phi) is 5.53. The fourth-order valence-electron chi connectivity index (χ4n) is 2.15. The van der Waals surface area contributed by atoms with Gasteiger partial charge in [0.05, 0.1) is 20.8 Å². The van der Waals surface area contributed by atoms with Gasteiger partial charge in [0.15, 0.2) is 5.78 Å². The normalized spacial score (nSPS) is 10.2. The highest BCUT2D eigenvalue weighted by Crippen LogP contribution is 2.26. The number of ketones is 1. The highest BCUT2D eigenvalue weighted by Gasteiger charge is 2.21. The zero-order valence-electron chi connectivity index (χ0n) is 14.4. The maximum atomic E-state index is 12.7. The Hall–Kier alpha value is -3.16. The molecule has 0 aliphatic rings. The Balaban J connectivity index is 2.79. The number of ether oxygens (including phenoxy) is 3. The number of esters is 1. The van der Waals surface area contributed by atoms with Crippen LogP contribution in [-0.4, -0.2) is 42.4 Å². The molecule has 1 aromatic carbocycles. The Morgan fingerprint density at radius 3 is 2.44 bits per heavy atom. The lowest BCUT2D eigenvalue weighted by atomic mass is 10.2. The summed E-state index contributed by atoms with van der Waals surface area (Å²) < 4.78 is 16.2. The van der Waals surface area contributed by atoms with E-state index < -0.39 is 17.3 Å². The van der Waals surface area contributed by atoms with Gasteiger partial charge in [0.2, 0.25) is 0 Å². The first-order valence-electron chi connectivity index (χ1n) is 7.47. The van der Waals surface area contributed by atoms with Crippen molar-refractivity contribution in [2.24, 2.45) is 0 Å². The van der Waals surface area contributed by atoms with Crippen LogP contribution in [0, 0.1) is 0 Å². The lowest BCUT2D eigenvalue weighted by Crippen LogP contribution is -2.30. The Morgan fingerprint density at radius 2 is 1.88 bits per heavy atom. The number of hydrogen-bond donors (Lipinski definition) is 0. The van der Waals surface area contributed by atoms with Gasteiger partial charge in [-0.05, 0) is 25.1 Å². The van der Waals surface area contributed by atoms with E-state index in [9.17, 15) is 14.4 Å². The summed E-state index contributed by atoms with van der Waals surface area (Å²) in [5.41, 5.74) is -0.824. The minimum Gasteiger partial charge on any atom is -0.497 e. The molecule has 2 aromatic rings. The summed E-state index contributed by atoms with van der Waals surface area (Å²) >= 11 is 0. The van der Waals surface area contributed by atoms with Gasteiger partial charge in [-0.1, -0.05) is 0 Å². The molecule has 132 valence electrons. The van der Waals surface area contributed by atoms with E-state index in [1.165, 1.54) is 27.2 Å². The molecule has 0 amide bonds. The van der Waals surface area contributed by atoms with Crippen LogP contribution in [0.2, 0.25) is 0 Å². The Labute approximate surface area is 143 Å². The van der Waals surface area contributed by atoms with Crippen LogP contribution in [0.1, 0.15) is 34.7 Å². The van der Waals surface area contributed by atoms with E-state index in [1.807, 2.05) is 0 Å². The van der Waals surface area contributed by atoms with Crippen molar-refractivity contribution < 1.29 is 23.8 Å². The van der Waals surface area contributed by atoms with Crippen LogP contribution in [0.3, 0.4) is 0 Å². The monoisotopic (exact) mass is 346 g/mol. The summed E-state index contributed by atoms with van der Waals surface area (Å²) in [6.07, 6.45) is 0. The van der Waals surface area contributed by atoms with Gasteiger partial charge in [-0.15, -0.1) is 0 Å². The minimum absolute atomic E-state index is 0.0486. The van der Waals surface area contributed by atoms with Crippen LogP contribution in [-0.2, 0) is 4.74 Å². The number of carbonyl (C=O) groups excluding carboxylic acids is 2. The lowest BCUT2D eigenvalue weighted by molar-refractivity contribution is 0.0523. The highest BCUT2D eigenvalue weighted by molar-refractivity contribution is 5.96. The maximum Gasteiger partial charge on any atom is 0.343 e. The number of Topliss-reactive ketones (excluding diaryl/α,β-unsaturated/α-hetero) is 1. The van der Waals surface area contributed by atoms with Crippen LogP contribution in [0.4, 0.5) is 0 Å². The zero-order chi connectivity index (χ0) is 18.6. The van der Waals surface area contributed by atoms with Gasteiger partial charge in [-0.2, -0.15) is 9.78 Å². The molecular weight excluding hydrogens is 328 g/mol. The minimum atomic E-state index is -0.826. The average molecular weight is 346 g/mol.